The summed E-state index contributed by atoms with van der Waals surface area (Å²) < 4.78 is 12.0. The Kier molecular flexibility index (Phi) is 5.22. The van der Waals surface area contributed by atoms with Gasteiger partial charge in [0, 0.05) is 13.5 Å². The molecular weight excluding hydrogens is 322 g/mol. The van der Waals surface area contributed by atoms with Gasteiger partial charge in [-0.15, -0.1) is 0 Å². The Hall–Kier alpha value is -1.35. The Bertz CT molecular complexity index is 671. The molecule has 1 saturated carbocycles. The molecule has 1 aromatic carbocycles. The first kappa shape index (κ1) is 19.4. The molecule has 0 saturated heterocycles. The van der Waals surface area contributed by atoms with Gasteiger partial charge in [-0.2, -0.15) is 0 Å². The number of rotatable bonds is 4. The van der Waals surface area contributed by atoms with Gasteiger partial charge in [-0.25, -0.2) is 4.99 Å². The second-order valence-corrected chi connectivity index (χ2v) is 9.44. The highest BCUT2D eigenvalue weighted by Crippen LogP contribution is 2.47. The number of nitrogens with zero attached hydrogens (tertiary/aromatic N) is 1. The number of aliphatic imine (C=N–C) groups is 1. The molecule has 0 bridgehead atoms. The van der Waals surface area contributed by atoms with Gasteiger partial charge < -0.3 is 9.47 Å². The first-order valence-electron chi connectivity index (χ1n) is 10.0. The average Bonchev–Trinajstić information content (AvgIpc) is 2.84. The highest BCUT2D eigenvalue weighted by molar-refractivity contribution is 5.80. The lowest BCUT2D eigenvalue weighted by molar-refractivity contribution is -0.0733. The van der Waals surface area contributed by atoms with Gasteiger partial charge in [-0.05, 0) is 81.0 Å². The number of hydrogen-bond donors (Lipinski definition) is 0. The van der Waals surface area contributed by atoms with Gasteiger partial charge in [0.2, 0.25) is 0 Å². The van der Waals surface area contributed by atoms with Crippen LogP contribution in [-0.2, 0) is 21.5 Å². The quantitative estimate of drug-likeness (QED) is 0.727. The van der Waals surface area contributed by atoms with Crippen LogP contribution in [0, 0.1) is 25.7 Å². The molecule has 1 aliphatic carbocycles. The van der Waals surface area contributed by atoms with Crippen LogP contribution >= 0.6 is 0 Å². The van der Waals surface area contributed by atoms with E-state index in [2.05, 4.69) is 53.7 Å². The highest BCUT2D eigenvalue weighted by Gasteiger charge is 2.41. The molecule has 2 aliphatic rings. The maximum atomic E-state index is 6.22. The molecule has 1 heterocycles. The summed E-state index contributed by atoms with van der Waals surface area (Å²) in [6.45, 7) is 14.1. The largest absolute Gasteiger partial charge is 0.478 e. The van der Waals surface area contributed by atoms with Crippen molar-refractivity contribution in [1.82, 2.24) is 0 Å². The lowest BCUT2D eigenvalue weighted by atomic mass is 9.68. The summed E-state index contributed by atoms with van der Waals surface area (Å²) in [5, 5.41) is 0. The van der Waals surface area contributed by atoms with Crippen molar-refractivity contribution in [3.8, 4) is 0 Å². The van der Waals surface area contributed by atoms with E-state index in [-0.39, 0.29) is 11.1 Å². The molecule has 26 heavy (non-hydrogen) atoms. The lowest BCUT2D eigenvalue weighted by Crippen LogP contribution is -2.38. The van der Waals surface area contributed by atoms with Crippen LogP contribution < -0.4 is 0 Å². The summed E-state index contributed by atoms with van der Waals surface area (Å²) in [5.41, 5.74) is 5.11. The summed E-state index contributed by atoms with van der Waals surface area (Å²) in [4.78, 5) is 4.71. The van der Waals surface area contributed by atoms with Crippen molar-refractivity contribution in [2.45, 2.75) is 78.4 Å². The van der Waals surface area contributed by atoms with E-state index in [0.717, 1.165) is 25.2 Å². The molecule has 0 aromatic heterocycles. The molecule has 1 fully saturated rings. The van der Waals surface area contributed by atoms with Crippen LogP contribution in [0.15, 0.2) is 17.1 Å². The van der Waals surface area contributed by atoms with E-state index >= 15 is 0 Å². The van der Waals surface area contributed by atoms with E-state index < -0.39 is 0 Å². The SMILES string of the molecule is COC1(c2c(C)cc(CC3=NC(C)(C)CO3)cc2C)CC(C)CC(C)C1. The summed E-state index contributed by atoms with van der Waals surface area (Å²) in [7, 11) is 1.89. The number of aryl methyl sites for hydroxylation is 2. The fraction of sp³-hybridized carbons (Fsp3) is 0.696. The fourth-order valence-corrected chi connectivity index (χ4v) is 5.34. The van der Waals surface area contributed by atoms with Crippen molar-refractivity contribution < 1.29 is 9.47 Å². The van der Waals surface area contributed by atoms with Crippen LogP contribution in [0.25, 0.3) is 0 Å². The predicted octanol–water partition coefficient (Wildman–Crippen LogP) is 5.35. The van der Waals surface area contributed by atoms with E-state index in [4.69, 9.17) is 14.5 Å². The molecule has 3 rings (SSSR count). The van der Waals surface area contributed by atoms with Crippen LogP contribution in [0.2, 0.25) is 0 Å². The molecule has 2 atom stereocenters. The molecule has 1 aliphatic heterocycles. The molecule has 1 aromatic rings. The predicted molar refractivity (Wildman–Crippen MR) is 108 cm³/mol. The highest BCUT2D eigenvalue weighted by atomic mass is 16.5. The maximum Gasteiger partial charge on any atom is 0.188 e. The Morgan fingerprint density at radius 2 is 1.69 bits per heavy atom. The maximum absolute atomic E-state index is 6.22. The van der Waals surface area contributed by atoms with E-state index in [1.165, 1.54) is 28.7 Å². The summed E-state index contributed by atoms with van der Waals surface area (Å²) in [6, 6.07) is 4.62. The van der Waals surface area contributed by atoms with Crippen LogP contribution in [-0.4, -0.2) is 25.2 Å². The number of hydrogen-bond acceptors (Lipinski definition) is 3. The first-order chi connectivity index (χ1) is 12.1. The fourth-order valence-electron chi connectivity index (χ4n) is 5.34. The summed E-state index contributed by atoms with van der Waals surface area (Å²) in [5.74, 6) is 2.25. The van der Waals surface area contributed by atoms with E-state index in [9.17, 15) is 0 Å². The zero-order chi connectivity index (χ0) is 19.1. The lowest BCUT2D eigenvalue weighted by Gasteiger charge is -2.44. The van der Waals surface area contributed by atoms with Crippen LogP contribution in [0.5, 0.6) is 0 Å². The molecule has 0 spiro atoms. The standard InChI is InChI=1S/C23H35NO2/c1-15-8-16(2)13-23(12-15,25-7)21-17(3)9-19(10-18(21)4)11-20-24-22(5,6)14-26-20/h9-10,15-16H,8,11-14H2,1-7H3. The van der Waals surface area contributed by atoms with E-state index in [0.29, 0.717) is 18.4 Å². The molecular formula is C23H35NO2. The van der Waals surface area contributed by atoms with Crippen molar-refractivity contribution in [1.29, 1.82) is 0 Å². The van der Waals surface area contributed by atoms with Crippen molar-refractivity contribution in [3.63, 3.8) is 0 Å². The van der Waals surface area contributed by atoms with E-state index in [1.54, 1.807) is 0 Å². The minimum absolute atomic E-state index is 0.0894. The summed E-state index contributed by atoms with van der Waals surface area (Å²) in [6.07, 6.45) is 4.30. The molecule has 2 unspecified atom stereocenters. The minimum Gasteiger partial charge on any atom is -0.478 e. The average molecular weight is 358 g/mol. The second kappa shape index (κ2) is 6.99. The van der Waals surface area contributed by atoms with Gasteiger partial charge in [0.05, 0.1) is 11.1 Å². The Morgan fingerprint density at radius 3 is 2.15 bits per heavy atom. The molecule has 3 nitrogen and oxygen atoms in total. The van der Waals surface area contributed by atoms with Gasteiger partial charge >= 0.3 is 0 Å². The first-order valence-corrected chi connectivity index (χ1v) is 10.0. The smallest absolute Gasteiger partial charge is 0.188 e. The number of ether oxygens (including phenoxy) is 2. The van der Waals surface area contributed by atoms with Crippen LogP contribution in [0.4, 0.5) is 0 Å². The topological polar surface area (TPSA) is 30.8 Å². The van der Waals surface area contributed by atoms with Gasteiger partial charge in [0.25, 0.3) is 0 Å². The van der Waals surface area contributed by atoms with Crippen molar-refractivity contribution in [2.24, 2.45) is 16.8 Å². The molecule has 144 valence electrons. The Balaban J connectivity index is 1.92. The molecule has 0 amide bonds. The van der Waals surface area contributed by atoms with Crippen molar-refractivity contribution in [2.75, 3.05) is 13.7 Å². The van der Waals surface area contributed by atoms with Crippen LogP contribution in [0.1, 0.15) is 69.2 Å². The monoisotopic (exact) mass is 357 g/mol. The van der Waals surface area contributed by atoms with Gasteiger partial charge in [0.1, 0.15) is 6.61 Å². The minimum atomic E-state index is -0.146. The molecule has 0 N–H and O–H groups in total. The third-order valence-corrected chi connectivity index (χ3v) is 5.97. The summed E-state index contributed by atoms with van der Waals surface area (Å²) >= 11 is 0. The molecule has 0 radical (unpaired) electrons. The zero-order valence-corrected chi connectivity index (χ0v) is 17.6. The number of methoxy groups -OCH3 is 1. The van der Waals surface area contributed by atoms with Crippen LogP contribution in [0.3, 0.4) is 0 Å². The molecule has 3 heteroatoms. The van der Waals surface area contributed by atoms with Crippen molar-refractivity contribution >= 4 is 5.90 Å². The Morgan fingerprint density at radius 1 is 1.12 bits per heavy atom. The van der Waals surface area contributed by atoms with Crippen molar-refractivity contribution in [3.05, 3.63) is 34.4 Å². The number of benzene rings is 1. The van der Waals surface area contributed by atoms with E-state index in [1.807, 2.05) is 7.11 Å². The Labute approximate surface area is 159 Å². The van der Waals surface area contributed by atoms with Gasteiger partial charge in [0.15, 0.2) is 5.90 Å². The third kappa shape index (κ3) is 3.83. The van der Waals surface area contributed by atoms with Gasteiger partial charge in [-0.3, -0.25) is 0 Å². The normalized spacial score (nSPS) is 30.8. The second-order valence-electron chi connectivity index (χ2n) is 9.44. The third-order valence-electron chi connectivity index (χ3n) is 5.97. The van der Waals surface area contributed by atoms with Gasteiger partial charge in [-0.1, -0.05) is 26.0 Å². The zero-order valence-electron chi connectivity index (χ0n) is 17.6.